The van der Waals surface area contributed by atoms with E-state index in [4.69, 9.17) is 24.2 Å². The molecule has 1 saturated heterocycles. The van der Waals surface area contributed by atoms with Crippen LogP contribution in [-0.2, 0) is 30.9 Å². The highest BCUT2D eigenvalue weighted by Gasteiger charge is 2.62. The number of carbonyl (C=O) groups is 4. The fourth-order valence-electron chi connectivity index (χ4n) is 6.77. The highest BCUT2D eigenvalue weighted by molar-refractivity contribution is 7.17. The van der Waals surface area contributed by atoms with E-state index in [0.717, 1.165) is 29.7 Å². The van der Waals surface area contributed by atoms with E-state index in [9.17, 15) is 19.2 Å². The molecule has 5 heterocycles. The number of ether oxygens (including phenoxy) is 3. The molecule has 5 atom stereocenters. The highest BCUT2D eigenvalue weighted by atomic mass is 32.1. The van der Waals surface area contributed by atoms with Gasteiger partial charge < -0.3 is 29.7 Å². The minimum absolute atomic E-state index is 0.0506. The topological polar surface area (TPSA) is 167 Å². The van der Waals surface area contributed by atoms with Gasteiger partial charge >= 0.3 is 12.1 Å². The standard InChI is InChI=1S/C35H45N7O7S/c1-20-16-25(41(5)40-20)28-36-23-14-15-50-27(23)30(38-28)48-22-17-26-29(43)39-35(32(45)47-6)18-21(35)12-10-8-7-9-11-13-24(31(44)42(26)19-22)37-33(46)49-34(2,3)4/h10,12,14-16,21-22,24,26H,7-9,11,13,17-19H2,1-6H3,(H,37,46)(H,39,43)/b12-10-/t21-,22+,24-,26-,35+/m0/s1. The highest BCUT2D eigenvalue weighted by Crippen LogP contribution is 2.46. The Morgan fingerprint density at radius 2 is 1.96 bits per heavy atom. The van der Waals surface area contributed by atoms with Crippen LogP contribution >= 0.6 is 11.3 Å². The molecule has 0 unspecified atom stereocenters. The number of methoxy groups -OCH3 is 1. The van der Waals surface area contributed by atoms with Crippen LogP contribution < -0.4 is 15.4 Å². The maximum Gasteiger partial charge on any atom is 0.408 e. The third kappa shape index (κ3) is 7.47. The molecule has 0 aromatic carbocycles. The summed E-state index contributed by atoms with van der Waals surface area (Å²) in [6, 6.07) is 1.84. The molecule has 2 aliphatic heterocycles. The SMILES string of the molecule is COC(=O)[C@@]12C[C@@H]1/C=C\CCCCC[C@H](NC(=O)OC(C)(C)C)C(=O)N1C[C@H](Oc3nc(-c4cc(C)nn4C)nc4ccsc34)C[C@H]1C(=O)N2. The summed E-state index contributed by atoms with van der Waals surface area (Å²) in [5, 5.41) is 12.1. The Labute approximate surface area is 294 Å². The average Bonchev–Trinajstić information content (AvgIpc) is 3.38. The second kappa shape index (κ2) is 14.0. The fraction of sp³-hybridized carbons (Fsp3) is 0.571. The maximum atomic E-state index is 14.4. The molecule has 15 heteroatoms. The predicted octanol–water partition coefficient (Wildman–Crippen LogP) is 4.21. The monoisotopic (exact) mass is 707 g/mol. The number of aryl methyl sites for hydroxylation is 2. The lowest BCUT2D eigenvalue weighted by Crippen LogP contribution is -2.56. The molecule has 50 heavy (non-hydrogen) atoms. The maximum absolute atomic E-state index is 14.4. The van der Waals surface area contributed by atoms with E-state index >= 15 is 0 Å². The van der Waals surface area contributed by atoms with Gasteiger partial charge in [-0.25, -0.2) is 14.6 Å². The summed E-state index contributed by atoms with van der Waals surface area (Å²) in [7, 11) is 3.12. The molecule has 1 saturated carbocycles. The molecule has 6 rings (SSSR count). The average molecular weight is 708 g/mol. The van der Waals surface area contributed by atoms with Gasteiger partial charge in [0, 0.05) is 19.4 Å². The summed E-state index contributed by atoms with van der Waals surface area (Å²) < 4.78 is 19.6. The summed E-state index contributed by atoms with van der Waals surface area (Å²) in [4.78, 5) is 65.5. The molecule has 14 nitrogen and oxygen atoms in total. The van der Waals surface area contributed by atoms with Crippen LogP contribution in [0, 0.1) is 12.8 Å². The Morgan fingerprint density at radius 3 is 2.68 bits per heavy atom. The summed E-state index contributed by atoms with van der Waals surface area (Å²) in [6.45, 7) is 7.20. The zero-order chi connectivity index (χ0) is 35.8. The molecule has 3 amide bonds. The third-order valence-electron chi connectivity index (χ3n) is 9.26. The number of alkyl carbamates (subject to hydrolysis) is 1. The first-order valence-corrected chi connectivity index (χ1v) is 18.0. The van der Waals surface area contributed by atoms with Crippen LogP contribution in [0.4, 0.5) is 4.79 Å². The van der Waals surface area contributed by atoms with Gasteiger partial charge in [-0.05, 0) is 70.9 Å². The Balaban J connectivity index is 1.33. The van der Waals surface area contributed by atoms with Crippen molar-refractivity contribution in [2.45, 2.75) is 102 Å². The number of nitrogens with one attached hydrogen (secondary N) is 2. The van der Waals surface area contributed by atoms with Gasteiger partial charge in [-0.1, -0.05) is 25.0 Å². The van der Waals surface area contributed by atoms with Crippen molar-refractivity contribution in [3.8, 4) is 17.4 Å². The van der Waals surface area contributed by atoms with E-state index < -0.39 is 53.2 Å². The molecule has 3 aromatic heterocycles. The van der Waals surface area contributed by atoms with Crippen molar-refractivity contribution in [2.24, 2.45) is 13.0 Å². The molecule has 2 fully saturated rings. The van der Waals surface area contributed by atoms with Gasteiger partial charge in [-0.2, -0.15) is 10.1 Å². The number of hydrogen-bond donors (Lipinski definition) is 2. The van der Waals surface area contributed by atoms with Gasteiger partial charge in [0.1, 0.15) is 39.7 Å². The zero-order valence-corrected chi connectivity index (χ0v) is 30.2. The second-order valence-electron chi connectivity index (χ2n) is 14.3. The zero-order valence-electron chi connectivity index (χ0n) is 29.4. The van der Waals surface area contributed by atoms with Crippen molar-refractivity contribution < 1.29 is 33.4 Å². The van der Waals surface area contributed by atoms with Crippen LogP contribution in [0.3, 0.4) is 0 Å². The van der Waals surface area contributed by atoms with Gasteiger partial charge in [0.05, 0.1) is 24.9 Å². The van der Waals surface area contributed by atoms with Gasteiger partial charge in [0.2, 0.25) is 17.7 Å². The molecule has 1 aliphatic carbocycles. The number of fused-ring (bicyclic) bond motifs is 3. The van der Waals surface area contributed by atoms with Crippen molar-refractivity contribution in [2.75, 3.05) is 13.7 Å². The van der Waals surface area contributed by atoms with Crippen LogP contribution in [0.2, 0.25) is 0 Å². The van der Waals surface area contributed by atoms with Gasteiger partial charge in [-0.15, -0.1) is 11.3 Å². The summed E-state index contributed by atoms with van der Waals surface area (Å²) in [6.07, 6.45) is 6.70. The van der Waals surface area contributed by atoms with Crippen LogP contribution in [0.25, 0.3) is 21.7 Å². The number of rotatable bonds is 5. The van der Waals surface area contributed by atoms with Crippen molar-refractivity contribution in [3.63, 3.8) is 0 Å². The fourth-order valence-corrected chi connectivity index (χ4v) is 7.54. The quantitative estimate of drug-likeness (QED) is 0.290. The number of amides is 3. The van der Waals surface area contributed by atoms with E-state index in [1.165, 1.54) is 23.3 Å². The molecular weight excluding hydrogens is 662 g/mol. The summed E-state index contributed by atoms with van der Waals surface area (Å²) in [5.74, 6) is -0.898. The predicted molar refractivity (Wildman–Crippen MR) is 185 cm³/mol. The second-order valence-corrected chi connectivity index (χ2v) is 15.2. The molecule has 268 valence electrons. The summed E-state index contributed by atoms with van der Waals surface area (Å²) >= 11 is 1.43. The van der Waals surface area contributed by atoms with E-state index in [2.05, 4.69) is 15.7 Å². The molecule has 0 spiro atoms. The van der Waals surface area contributed by atoms with Crippen LogP contribution in [0.5, 0.6) is 5.88 Å². The Morgan fingerprint density at radius 1 is 1.16 bits per heavy atom. The third-order valence-corrected chi connectivity index (χ3v) is 10.2. The van der Waals surface area contributed by atoms with E-state index in [0.29, 0.717) is 42.2 Å². The molecule has 3 aliphatic rings. The lowest BCUT2D eigenvalue weighted by Gasteiger charge is -2.30. The smallest absolute Gasteiger partial charge is 0.408 e. The van der Waals surface area contributed by atoms with Crippen LogP contribution in [-0.4, -0.2) is 91.5 Å². The van der Waals surface area contributed by atoms with E-state index in [-0.39, 0.29) is 18.9 Å². The molecule has 0 radical (unpaired) electrons. The van der Waals surface area contributed by atoms with E-state index in [1.54, 1.807) is 25.5 Å². The minimum atomic E-state index is -1.21. The van der Waals surface area contributed by atoms with Crippen molar-refractivity contribution >= 4 is 45.4 Å². The Bertz CT molecular complexity index is 1810. The van der Waals surface area contributed by atoms with Crippen LogP contribution in [0.15, 0.2) is 29.7 Å². The largest absolute Gasteiger partial charge is 0.471 e. The normalized spacial score (nSPS) is 26.6. The number of aromatic nitrogens is 4. The number of nitrogens with zero attached hydrogens (tertiary/aromatic N) is 5. The first kappa shape index (κ1) is 35.3. The number of carbonyl (C=O) groups excluding carboxylic acids is 4. The molecule has 2 N–H and O–H groups in total. The van der Waals surface area contributed by atoms with Gasteiger partial charge in [0.25, 0.3) is 0 Å². The van der Waals surface area contributed by atoms with Gasteiger partial charge in [0.15, 0.2) is 5.82 Å². The van der Waals surface area contributed by atoms with E-state index in [1.807, 2.05) is 43.6 Å². The Kier molecular flexibility index (Phi) is 9.89. The van der Waals surface area contributed by atoms with Gasteiger partial charge in [-0.3, -0.25) is 14.3 Å². The number of thiophene rings is 1. The number of hydrogen-bond acceptors (Lipinski definition) is 11. The summed E-state index contributed by atoms with van der Waals surface area (Å²) in [5.41, 5.74) is 0.248. The first-order valence-electron chi connectivity index (χ1n) is 17.1. The lowest BCUT2D eigenvalue weighted by molar-refractivity contribution is -0.148. The molecular formula is C35H45N7O7S. The van der Waals surface area contributed by atoms with Crippen LogP contribution in [0.1, 0.15) is 71.4 Å². The van der Waals surface area contributed by atoms with Crippen molar-refractivity contribution in [3.05, 3.63) is 35.4 Å². The van der Waals surface area contributed by atoms with Crippen molar-refractivity contribution in [1.29, 1.82) is 0 Å². The van der Waals surface area contributed by atoms with Crippen molar-refractivity contribution in [1.82, 2.24) is 35.3 Å². The molecule has 0 bridgehead atoms. The lowest BCUT2D eigenvalue weighted by atomic mass is 10.0. The first-order chi connectivity index (χ1) is 23.8. The number of allylic oxidation sites excluding steroid dienone is 1. The minimum Gasteiger partial charge on any atom is -0.471 e. The Hall–Kier alpha value is -4.53. The molecule has 3 aromatic rings. The number of esters is 1.